The monoisotopic (exact) mass is 408 g/mol. The molecule has 1 aliphatic carbocycles. The van der Waals surface area contributed by atoms with Crippen molar-refractivity contribution >= 4 is 23.1 Å². The van der Waals surface area contributed by atoms with E-state index in [1.54, 1.807) is 6.92 Å². The third-order valence-electron chi connectivity index (χ3n) is 4.72. The normalized spacial score (nSPS) is 13.8. The fourth-order valence-corrected chi connectivity index (χ4v) is 3.25. The maximum atomic E-state index is 12.9. The summed E-state index contributed by atoms with van der Waals surface area (Å²) >= 11 is 0. The minimum atomic E-state index is -1.16. The van der Waals surface area contributed by atoms with Crippen LogP contribution in [0.1, 0.15) is 27.0 Å². The molecule has 30 heavy (non-hydrogen) atoms. The molecule has 0 bridgehead atoms. The van der Waals surface area contributed by atoms with E-state index in [1.165, 1.54) is 26.4 Å². The van der Waals surface area contributed by atoms with Gasteiger partial charge in [0.1, 0.15) is 17.9 Å². The molecule has 0 spiro atoms. The number of aromatic carboxylic acids is 1. The first kappa shape index (κ1) is 20.9. The predicted molar refractivity (Wildman–Crippen MR) is 108 cm³/mol. The number of ketones is 2. The number of ether oxygens (including phenoxy) is 3. The number of methoxy groups -OCH3 is 2. The van der Waals surface area contributed by atoms with E-state index in [0.29, 0.717) is 11.1 Å². The molecule has 1 N–H and O–H groups in total. The van der Waals surface area contributed by atoms with Crippen LogP contribution in [0.3, 0.4) is 0 Å². The van der Waals surface area contributed by atoms with Gasteiger partial charge in [0.2, 0.25) is 23.1 Å². The van der Waals surface area contributed by atoms with Crippen LogP contribution in [0, 0.1) is 6.92 Å². The number of allylic oxidation sites excluding steroid dienone is 2. The molecule has 7 heteroatoms. The highest BCUT2D eigenvalue weighted by molar-refractivity contribution is 6.36. The molecule has 0 fully saturated rings. The highest BCUT2D eigenvalue weighted by Gasteiger charge is 2.33. The highest BCUT2D eigenvalue weighted by Crippen LogP contribution is 2.35. The van der Waals surface area contributed by atoms with Gasteiger partial charge < -0.3 is 19.3 Å². The standard InChI is InChI=1S/C23H20O7/c1-13-15(17-11-18(24)21(28-2)22(29-3)19(17)25)9-10-16(23(26)27)20(13)30-12-14-7-5-4-6-8-14/h4-11H,12H2,1-3H3,(H,26,27). The van der Waals surface area contributed by atoms with Crippen LogP contribution in [0.4, 0.5) is 0 Å². The molecule has 0 amide bonds. The smallest absolute Gasteiger partial charge is 0.339 e. The zero-order valence-electron chi connectivity index (χ0n) is 16.7. The first-order valence-electron chi connectivity index (χ1n) is 9.06. The minimum Gasteiger partial charge on any atom is -0.490 e. The van der Waals surface area contributed by atoms with E-state index in [1.807, 2.05) is 30.3 Å². The third-order valence-corrected chi connectivity index (χ3v) is 4.72. The van der Waals surface area contributed by atoms with Crippen LogP contribution in [0.5, 0.6) is 5.75 Å². The Balaban J connectivity index is 2.05. The topological polar surface area (TPSA) is 99.1 Å². The second-order valence-corrected chi connectivity index (χ2v) is 6.51. The fraction of sp³-hybridized carbons (Fsp3) is 0.174. The fourth-order valence-electron chi connectivity index (χ4n) is 3.25. The second-order valence-electron chi connectivity index (χ2n) is 6.51. The number of Topliss-reactive ketones (excluding diaryl/α,β-unsaturated/α-hetero) is 1. The summed E-state index contributed by atoms with van der Waals surface area (Å²) < 4.78 is 15.9. The Bertz CT molecular complexity index is 1080. The Morgan fingerprint density at radius 3 is 2.23 bits per heavy atom. The van der Waals surface area contributed by atoms with Crippen molar-refractivity contribution in [3.8, 4) is 5.75 Å². The number of rotatable bonds is 7. The van der Waals surface area contributed by atoms with Crippen LogP contribution in [0.25, 0.3) is 5.57 Å². The zero-order valence-corrected chi connectivity index (χ0v) is 16.7. The molecule has 0 saturated heterocycles. The van der Waals surface area contributed by atoms with Crippen molar-refractivity contribution in [2.24, 2.45) is 0 Å². The summed E-state index contributed by atoms with van der Waals surface area (Å²) in [4.78, 5) is 37.0. The summed E-state index contributed by atoms with van der Waals surface area (Å²) in [6.45, 7) is 1.79. The number of hydrogen-bond donors (Lipinski definition) is 1. The molecule has 0 saturated carbocycles. The van der Waals surface area contributed by atoms with Crippen molar-refractivity contribution in [3.63, 3.8) is 0 Å². The van der Waals surface area contributed by atoms with Crippen molar-refractivity contribution in [1.82, 2.24) is 0 Å². The predicted octanol–water partition coefficient (Wildman–Crippen LogP) is 3.31. The molecule has 0 unspecified atom stereocenters. The van der Waals surface area contributed by atoms with Gasteiger partial charge >= 0.3 is 5.97 Å². The maximum Gasteiger partial charge on any atom is 0.339 e. The van der Waals surface area contributed by atoms with E-state index in [0.717, 1.165) is 11.6 Å². The van der Waals surface area contributed by atoms with E-state index >= 15 is 0 Å². The Kier molecular flexibility index (Phi) is 6.01. The number of carbonyl (C=O) groups excluding carboxylic acids is 2. The van der Waals surface area contributed by atoms with Gasteiger partial charge in [0, 0.05) is 11.6 Å². The first-order valence-corrected chi connectivity index (χ1v) is 9.06. The molecular weight excluding hydrogens is 388 g/mol. The Morgan fingerprint density at radius 2 is 1.63 bits per heavy atom. The van der Waals surface area contributed by atoms with Crippen LogP contribution in [0.2, 0.25) is 0 Å². The Morgan fingerprint density at radius 1 is 0.967 bits per heavy atom. The average Bonchev–Trinajstić information content (AvgIpc) is 2.74. The molecule has 1 aliphatic rings. The van der Waals surface area contributed by atoms with Gasteiger partial charge in [-0.3, -0.25) is 9.59 Å². The SMILES string of the molecule is COC1=C(OC)C(=O)C(c2ccc(C(=O)O)c(OCc3ccccc3)c2C)=CC1=O. The number of carboxylic acid groups (broad SMARTS) is 1. The summed E-state index contributed by atoms with van der Waals surface area (Å²) in [7, 11) is 2.55. The van der Waals surface area contributed by atoms with Crippen molar-refractivity contribution < 1.29 is 33.7 Å². The van der Waals surface area contributed by atoms with Gasteiger partial charge in [0.05, 0.1) is 14.2 Å². The van der Waals surface area contributed by atoms with Crippen LogP contribution in [-0.2, 0) is 25.7 Å². The first-order chi connectivity index (χ1) is 14.4. The molecule has 3 rings (SSSR count). The van der Waals surface area contributed by atoms with Gasteiger partial charge in [-0.15, -0.1) is 0 Å². The van der Waals surface area contributed by atoms with Gasteiger partial charge in [0.25, 0.3) is 0 Å². The minimum absolute atomic E-state index is 0.0394. The van der Waals surface area contributed by atoms with E-state index in [-0.39, 0.29) is 35.0 Å². The van der Waals surface area contributed by atoms with Gasteiger partial charge in [-0.25, -0.2) is 4.79 Å². The van der Waals surface area contributed by atoms with Crippen LogP contribution < -0.4 is 4.74 Å². The lowest BCUT2D eigenvalue weighted by atomic mass is 9.90. The van der Waals surface area contributed by atoms with E-state index in [2.05, 4.69) is 0 Å². The van der Waals surface area contributed by atoms with Gasteiger partial charge in [0.15, 0.2) is 0 Å². The van der Waals surface area contributed by atoms with Crippen LogP contribution >= 0.6 is 0 Å². The number of carbonyl (C=O) groups is 3. The van der Waals surface area contributed by atoms with Crippen molar-refractivity contribution in [2.75, 3.05) is 14.2 Å². The molecule has 0 aromatic heterocycles. The molecule has 0 radical (unpaired) electrons. The molecule has 0 heterocycles. The number of benzene rings is 2. The largest absolute Gasteiger partial charge is 0.490 e. The summed E-state index contributed by atoms with van der Waals surface area (Å²) in [5, 5.41) is 9.57. The van der Waals surface area contributed by atoms with E-state index in [9.17, 15) is 19.5 Å². The third kappa shape index (κ3) is 3.82. The van der Waals surface area contributed by atoms with Crippen LogP contribution in [-0.4, -0.2) is 36.9 Å². The van der Waals surface area contributed by atoms with Crippen molar-refractivity contribution in [1.29, 1.82) is 0 Å². The quantitative estimate of drug-likeness (QED) is 0.702. The van der Waals surface area contributed by atoms with E-state index in [4.69, 9.17) is 14.2 Å². The van der Waals surface area contributed by atoms with Crippen molar-refractivity contribution in [3.05, 3.63) is 82.3 Å². The number of carboxylic acids is 1. The second kappa shape index (κ2) is 8.65. The molecule has 2 aromatic rings. The summed E-state index contributed by atoms with van der Waals surface area (Å²) in [5.41, 5.74) is 1.70. The molecule has 154 valence electrons. The molecule has 2 aromatic carbocycles. The molecule has 7 nitrogen and oxygen atoms in total. The average molecular weight is 408 g/mol. The molecule has 0 atom stereocenters. The van der Waals surface area contributed by atoms with Crippen LogP contribution in [0.15, 0.2) is 60.1 Å². The Labute approximate surface area is 173 Å². The number of hydrogen-bond acceptors (Lipinski definition) is 6. The molecule has 0 aliphatic heterocycles. The summed E-state index contributed by atoms with van der Waals surface area (Å²) in [6.07, 6.45) is 1.16. The lowest BCUT2D eigenvalue weighted by Crippen LogP contribution is -2.21. The van der Waals surface area contributed by atoms with Gasteiger partial charge in [-0.2, -0.15) is 0 Å². The lowest BCUT2D eigenvalue weighted by Gasteiger charge is -2.20. The molecular formula is C23H20O7. The van der Waals surface area contributed by atoms with E-state index < -0.39 is 17.5 Å². The van der Waals surface area contributed by atoms with Gasteiger partial charge in [-0.05, 0) is 29.7 Å². The summed E-state index contributed by atoms with van der Waals surface area (Å²) in [5.74, 6) is -2.45. The maximum absolute atomic E-state index is 12.9. The summed E-state index contributed by atoms with van der Waals surface area (Å²) in [6, 6.07) is 12.1. The van der Waals surface area contributed by atoms with Crippen molar-refractivity contribution in [2.45, 2.75) is 13.5 Å². The zero-order chi connectivity index (χ0) is 21.8. The van der Waals surface area contributed by atoms with Gasteiger partial charge in [-0.1, -0.05) is 36.4 Å². The highest BCUT2D eigenvalue weighted by atomic mass is 16.5. The Hall–Kier alpha value is -3.87. The lowest BCUT2D eigenvalue weighted by molar-refractivity contribution is -0.119.